The first-order valence-electron chi connectivity index (χ1n) is 12.0. The van der Waals surface area contributed by atoms with Gasteiger partial charge in [0.2, 0.25) is 0 Å². The Morgan fingerprint density at radius 2 is 0.567 bits per heavy atom. The molecule has 0 unspecified atom stereocenters. The van der Waals surface area contributed by atoms with Crippen LogP contribution in [0.4, 0.5) is 0 Å². The van der Waals surface area contributed by atoms with Crippen LogP contribution < -0.4 is 0 Å². The maximum atomic E-state index is 11.4. The van der Waals surface area contributed by atoms with Crippen LogP contribution in [0.1, 0.15) is 120 Å². The quantitative estimate of drug-likeness (QED) is 0.256. The van der Waals surface area contributed by atoms with Gasteiger partial charge >= 0.3 is 0 Å². The molecule has 4 nitrogen and oxygen atoms in total. The fourth-order valence-corrected chi connectivity index (χ4v) is 2.72. The number of unbranched alkanes of at least 4 members (excludes halogenated alkanes) is 4. The zero-order valence-electron chi connectivity index (χ0n) is 21.0. The summed E-state index contributed by atoms with van der Waals surface area (Å²) in [6.45, 7) is 15.4. The van der Waals surface area contributed by atoms with E-state index in [9.17, 15) is 19.2 Å². The summed E-state index contributed by atoms with van der Waals surface area (Å²) in [5.41, 5.74) is 0. The topological polar surface area (TPSA) is 68.3 Å². The lowest BCUT2D eigenvalue weighted by molar-refractivity contribution is -0.124. The normalized spacial score (nSPS) is 11.1. The number of hydrogen-bond acceptors (Lipinski definition) is 4. The van der Waals surface area contributed by atoms with E-state index < -0.39 is 0 Å². The average Bonchev–Trinajstić information content (AvgIpc) is 2.66. The van der Waals surface area contributed by atoms with Crippen molar-refractivity contribution < 1.29 is 19.2 Å². The van der Waals surface area contributed by atoms with Crippen LogP contribution in [0.15, 0.2) is 0 Å². The van der Waals surface area contributed by atoms with Gasteiger partial charge in [-0.2, -0.15) is 0 Å². The highest BCUT2D eigenvalue weighted by Gasteiger charge is 2.10. The van der Waals surface area contributed by atoms with Crippen LogP contribution in [0.3, 0.4) is 0 Å². The maximum Gasteiger partial charge on any atom is 0.135 e. The first-order valence-corrected chi connectivity index (χ1v) is 12.0. The van der Waals surface area contributed by atoms with Gasteiger partial charge in [-0.15, -0.1) is 0 Å². The van der Waals surface area contributed by atoms with Crippen molar-refractivity contribution in [3.8, 4) is 0 Å². The summed E-state index contributed by atoms with van der Waals surface area (Å²) in [7, 11) is 0. The Balaban J connectivity index is 0. The molecule has 0 aromatic rings. The van der Waals surface area contributed by atoms with Crippen molar-refractivity contribution >= 4 is 23.1 Å². The first kappa shape index (κ1) is 30.9. The molecular weight excluding hydrogens is 376 g/mol. The third-order valence-corrected chi connectivity index (χ3v) is 5.27. The highest BCUT2D eigenvalue weighted by atomic mass is 16.1. The van der Waals surface area contributed by atoms with Gasteiger partial charge in [0.25, 0.3) is 0 Å². The van der Waals surface area contributed by atoms with Gasteiger partial charge in [-0.05, 0) is 19.3 Å². The van der Waals surface area contributed by atoms with Crippen LogP contribution >= 0.6 is 0 Å². The Morgan fingerprint density at radius 3 is 0.800 bits per heavy atom. The Kier molecular flexibility index (Phi) is 19.0. The van der Waals surface area contributed by atoms with Gasteiger partial charge in [-0.25, -0.2) is 0 Å². The average molecular weight is 425 g/mol. The first-order chi connectivity index (χ1) is 13.9. The third-order valence-electron chi connectivity index (χ3n) is 5.27. The standard InChI is InChI=1S/C15H28O2.C11H20O2/c1-12(2)14(16)10-8-6-5-7-9-11-15(17)13(3)4;1-8(2)10(12)6-5-7-11(13)9(3)4/h12-13H,5-11H2,1-4H3;8-9H,5-7H2,1-4H3. The predicted molar refractivity (Wildman–Crippen MR) is 126 cm³/mol. The number of hydrogen-bond donors (Lipinski definition) is 0. The summed E-state index contributed by atoms with van der Waals surface area (Å²) in [5.74, 6) is 1.84. The monoisotopic (exact) mass is 424 g/mol. The van der Waals surface area contributed by atoms with Gasteiger partial charge in [-0.1, -0.05) is 74.7 Å². The van der Waals surface area contributed by atoms with Crippen molar-refractivity contribution in [2.45, 2.75) is 120 Å². The molecule has 4 heteroatoms. The molecule has 30 heavy (non-hydrogen) atoms. The summed E-state index contributed by atoms with van der Waals surface area (Å²) in [6, 6.07) is 0. The molecule has 0 amide bonds. The van der Waals surface area contributed by atoms with E-state index in [1.54, 1.807) is 0 Å². The second kappa shape index (κ2) is 18.4. The van der Waals surface area contributed by atoms with Crippen LogP contribution in [0.25, 0.3) is 0 Å². The van der Waals surface area contributed by atoms with Crippen LogP contribution in [-0.4, -0.2) is 23.1 Å². The molecule has 0 aromatic carbocycles. The van der Waals surface area contributed by atoms with Crippen molar-refractivity contribution in [2.75, 3.05) is 0 Å². The Labute approximate surface area is 186 Å². The Bertz CT molecular complexity index is 457. The SMILES string of the molecule is CC(C)C(=O)CCCC(=O)C(C)C.CC(C)C(=O)CCCCCCCC(=O)C(C)C. The minimum atomic E-state index is 0.106. The molecule has 0 spiro atoms. The Hall–Kier alpha value is -1.32. The number of ketones is 4. The number of carbonyl (C=O) groups excluding carboxylic acids is 4. The molecule has 0 fully saturated rings. The molecule has 0 radical (unpaired) electrons. The molecule has 0 N–H and O–H groups in total. The van der Waals surface area contributed by atoms with Crippen LogP contribution in [0.5, 0.6) is 0 Å². The van der Waals surface area contributed by atoms with Gasteiger partial charge < -0.3 is 0 Å². The van der Waals surface area contributed by atoms with Crippen LogP contribution in [-0.2, 0) is 19.2 Å². The maximum absolute atomic E-state index is 11.4. The van der Waals surface area contributed by atoms with E-state index in [-0.39, 0.29) is 35.2 Å². The molecule has 0 saturated carbocycles. The van der Waals surface area contributed by atoms with E-state index in [0.717, 1.165) is 44.9 Å². The van der Waals surface area contributed by atoms with E-state index >= 15 is 0 Å². The molecule has 0 heterocycles. The molecule has 0 rings (SSSR count). The van der Waals surface area contributed by atoms with Crippen LogP contribution in [0, 0.1) is 23.7 Å². The fraction of sp³-hybridized carbons (Fsp3) is 0.846. The summed E-state index contributed by atoms with van der Waals surface area (Å²) in [5, 5.41) is 0. The minimum absolute atomic E-state index is 0.106. The van der Waals surface area contributed by atoms with Crippen molar-refractivity contribution in [1.29, 1.82) is 0 Å². The highest BCUT2D eigenvalue weighted by molar-refractivity contribution is 5.83. The fourth-order valence-electron chi connectivity index (χ4n) is 2.72. The zero-order valence-corrected chi connectivity index (χ0v) is 21.0. The lowest BCUT2D eigenvalue weighted by atomic mass is 9.99. The van der Waals surface area contributed by atoms with Gasteiger partial charge in [0.15, 0.2) is 0 Å². The van der Waals surface area contributed by atoms with Crippen molar-refractivity contribution in [3.05, 3.63) is 0 Å². The summed E-state index contributed by atoms with van der Waals surface area (Å²) in [4.78, 5) is 45.1. The third kappa shape index (κ3) is 18.7. The van der Waals surface area contributed by atoms with Gasteiger partial charge in [0.05, 0.1) is 0 Å². The minimum Gasteiger partial charge on any atom is -0.299 e. The molecule has 0 aliphatic rings. The second-order valence-corrected chi connectivity index (χ2v) is 9.61. The van der Waals surface area contributed by atoms with Gasteiger partial charge in [-0.3, -0.25) is 19.2 Å². The Morgan fingerprint density at radius 1 is 0.367 bits per heavy atom. The summed E-state index contributed by atoms with van der Waals surface area (Å²) >= 11 is 0. The van der Waals surface area contributed by atoms with Gasteiger partial charge in [0.1, 0.15) is 23.1 Å². The number of carbonyl (C=O) groups is 4. The number of rotatable bonds is 16. The second-order valence-electron chi connectivity index (χ2n) is 9.61. The lowest BCUT2D eigenvalue weighted by Crippen LogP contribution is -2.10. The number of Topliss-reactive ketones (excluding diaryl/α,β-unsaturated/α-hetero) is 4. The van der Waals surface area contributed by atoms with E-state index in [0.29, 0.717) is 30.8 Å². The van der Waals surface area contributed by atoms with Crippen molar-refractivity contribution in [2.24, 2.45) is 23.7 Å². The molecular formula is C26H48O4. The van der Waals surface area contributed by atoms with Gasteiger partial charge in [0, 0.05) is 49.4 Å². The van der Waals surface area contributed by atoms with Crippen molar-refractivity contribution in [3.63, 3.8) is 0 Å². The highest BCUT2D eigenvalue weighted by Crippen LogP contribution is 2.11. The predicted octanol–water partition coefficient (Wildman–Crippen LogP) is 6.77. The molecule has 176 valence electrons. The van der Waals surface area contributed by atoms with Crippen LogP contribution in [0.2, 0.25) is 0 Å². The zero-order chi connectivity index (χ0) is 23.7. The lowest BCUT2D eigenvalue weighted by Gasteiger charge is -2.05. The van der Waals surface area contributed by atoms with E-state index in [2.05, 4.69) is 0 Å². The molecule has 0 aliphatic heterocycles. The van der Waals surface area contributed by atoms with E-state index in [1.807, 2.05) is 55.4 Å². The molecule has 0 aliphatic carbocycles. The summed E-state index contributed by atoms with van der Waals surface area (Å²) in [6.07, 6.45) is 8.68. The smallest absolute Gasteiger partial charge is 0.135 e. The molecule has 0 saturated heterocycles. The van der Waals surface area contributed by atoms with E-state index in [4.69, 9.17) is 0 Å². The van der Waals surface area contributed by atoms with E-state index in [1.165, 1.54) is 0 Å². The summed E-state index contributed by atoms with van der Waals surface area (Å²) < 4.78 is 0. The largest absolute Gasteiger partial charge is 0.299 e. The van der Waals surface area contributed by atoms with Crippen molar-refractivity contribution in [1.82, 2.24) is 0 Å². The molecule has 0 aromatic heterocycles. The molecule has 0 atom stereocenters. The molecule has 0 bridgehead atoms.